The van der Waals surface area contributed by atoms with Crippen LogP contribution < -0.4 is 5.32 Å². The molecule has 5 aliphatic rings. The molecule has 30 heavy (non-hydrogen) atoms. The van der Waals surface area contributed by atoms with Crippen LogP contribution in [0, 0.1) is 24.2 Å². The van der Waals surface area contributed by atoms with Crippen LogP contribution in [0.4, 0.5) is 4.79 Å². The second-order valence-electron chi connectivity index (χ2n) is 10.5. The Morgan fingerprint density at radius 3 is 2.17 bits per heavy atom. The van der Waals surface area contributed by atoms with Crippen molar-refractivity contribution < 1.29 is 9.59 Å². The first-order valence-electron chi connectivity index (χ1n) is 11.8. The highest BCUT2D eigenvalue weighted by molar-refractivity contribution is 5.84. The van der Waals surface area contributed by atoms with E-state index in [1.807, 2.05) is 11.8 Å². The van der Waals surface area contributed by atoms with Gasteiger partial charge >= 0.3 is 6.03 Å². The van der Waals surface area contributed by atoms with Crippen LogP contribution in [0.15, 0.2) is 24.3 Å². The molecule has 1 heterocycles. The average Bonchev–Trinajstić information content (AvgIpc) is 2.73. The maximum Gasteiger partial charge on any atom is 0.317 e. The number of carbonyl (C=O) groups is 2. The monoisotopic (exact) mass is 409 g/mol. The third-order valence-electron chi connectivity index (χ3n) is 8.36. The fourth-order valence-corrected chi connectivity index (χ4v) is 7.47. The molecule has 4 aliphatic carbocycles. The fourth-order valence-electron chi connectivity index (χ4n) is 7.47. The number of urea groups is 1. The zero-order valence-electron chi connectivity index (χ0n) is 18.5. The molecule has 162 valence electrons. The predicted octanol–water partition coefficient (Wildman–Crippen LogP) is 3.71. The van der Waals surface area contributed by atoms with E-state index in [-0.39, 0.29) is 16.9 Å². The highest BCUT2D eigenvalue weighted by Crippen LogP contribution is 2.66. The van der Waals surface area contributed by atoms with Gasteiger partial charge in [0.05, 0.1) is 5.41 Å². The minimum absolute atomic E-state index is 0.00210. The quantitative estimate of drug-likeness (QED) is 0.827. The van der Waals surface area contributed by atoms with Crippen LogP contribution in [0.1, 0.15) is 56.6 Å². The largest absolute Gasteiger partial charge is 0.339 e. The van der Waals surface area contributed by atoms with Crippen LogP contribution >= 0.6 is 0 Å². The van der Waals surface area contributed by atoms with E-state index in [1.165, 1.54) is 30.4 Å². The molecule has 5 fully saturated rings. The third-order valence-corrected chi connectivity index (χ3v) is 8.36. The molecule has 0 aromatic heterocycles. The highest BCUT2D eigenvalue weighted by Gasteiger charge is 2.61. The van der Waals surface area contributed by atoms with Crippen LogP contribution in [-0.2, 0) is 10.2 Å². The van der Waals surface area contributed by atoms with Gasteiger partial charge in [0.15, 0.2) is 0 Å². The van der Waals surface area contributed by atoms with Gasteiger partial charge in [-0.1, -0.05) is 29.8 Å². The maximum absolute atomic E-state index is 13.9. The number of carbonyl (C=O) groups excluding carboxylic acids is 2. The van der Waals surface area contributed by atoms with E-state index in [4.69, 9.17) is 0 Å². The van der Waals surface area contributed by atoms with Crippen molar-refractivity contribution >= 4 is 11.9 Å². The maximum atomic E-state index is 13.9. The van der Waals surface area contributed by atoms with E-state index in [2.05, 4.69) is 41.4 Å². The molecule has 2 atom stereocenters. The number of hydrogen-bond acceptors (Lipinski definition) is 2. The minimum atomic E-state index is -0.178. The first-order valence-corrected chi connectivity index (χ1v) is 11.8. The van der Waals surface area contributed by atoms with Gasteiger partial charge in [0.25, 0.3) is 0 Å². The third kappa shape index (κ3) is 3.21. The molecule has 0 spiro atoms. The van der Waals surface area contributed by atoms with Crippen molar-refractivity contribution in [2.45, 2.75) is 57.8 Å². The summed E-state index contributed by atoms with van der Waals surface area (Å²) in [7, 11) is 0. The molecule has 6 rings (SSSR count). The number of rotatable bonds is 3. The number of nitrogens with one attached hydrogen (secondary N) is 1. The summed E-state index contributed by atoms with van der Waals surface area (Å²) < 4.78 is 0. The molecule has 0 radical (unpaired) electrons. The number of piperazine rings is 1. The summed E-state index contributed by atoms with van der Waals surface area (Å²) in [5.41, 5.74) is 2.78. The Kier molecular flexibility index (Phi) is 4.83. The smallest absolute Gasteiger partial charge is 0.317 e. The Hall–Kier alpha value is -2.04. The van der Waals surface area contributed by atoms with Crippen LogP contribution in [0.3, 0.4) is 0 Å². The second-order valence-corrected chi connectivity index (χ2v) is 10.5. The van der Waals surface area contributed by atoms with E-state index in [0.717, 1.165) is 19.3 Å². The predicted molar refractivity (Wildman–Crippen MR) is 117 cm³/mol. The van der Waals surface area contributed by atoms with Crippen molar-refractivity contribution in [3.05, 3.63) is 35.4 Å². The molecule has 1 aliphatic heterocycles. The van der Waals surface area contributed by atoms with E-state index < -0.39 is 0 Å². The van der Waals surface area contributed by atoms with Gasteiger partial charge in [-0.2, -0.15) is 0 Å². The Morgan fingerprint density at radius 1 is 0.967 bits per heavy atom. The number of hydrogen-bond donors (Lipinski definition) is 1. The number of benzene rings is 1. The standard InChI is InChI=1S/C25H35N3O2/c1-3-26-23(30)28-10-8-27(9-11-28)22(29)25-15-19-12-20(16-25)14-24(13-19,17-25)21-6-4-18(2)5-7-21/h4-7,19-20H,3,8-17H2,1-2H3,(H,26,30). The van der Waals surface area contributed by atoms with Gasteiger partial charge in [0, 0.05) is 32.7 Å². The Balaban J connectivity index is 1.35. The molecular weight excluding hydrogens is 374 g/mol. The zero-order valence-corrected chi connectivity index (χ0v) is 18.5. The average molecular weight is 410 g/mol. The van der Waals surface area contributed by atoms with Crippen molar-refractivity contribution in [3.8, 4) is 0 Å². The summed E-state index contributed by atoms with van der Waals surface area (Å²) in [5, 5.41) is 2.88. The van der Waals surface area contributed by atoms with Crippen molar-refractivity contribution in [2.75, 3.05) is 32.7 Å². The molecule has 1 saturated heterocycles. The molecule has 3 amide bonds. The summed E-state index contributed by atoms with van der Waals surface area (Å²) in [6.45, 7) is 7.36. The highest BCUT2D eigenvalue weighted by atomic mass is 16.2. The van der Waals surface area contributed by atoms with Gasteiger partial charge in [-0.15, -0.1) is 0 Å². The van der Waals surface area contributed by atoms with Gasteiger partial charge in [-0.05, 0) is 75.2 Å². The number of aryl methyl sites for hydroxylation is 1. The Labute approximate surface area is 180 Å². The Bertz CT molecular complexity index is 811. The summed E-state index contributed by atoms with van der Waals surface area (Å²) in [5.74, 6) is 1.75. The van der Waals surface area contributed by atoms with Gasteiger partial charge in [0.1, 0.15) is 0 Å². The van der Waals surface area contributed by atoms with Crippen molar-refractivity contribution in [1.82, 2.24) is 15.1 Å². The van der Waals surface area contributed by atoms with Crippen LogP contribution in [0.2, 0.25) is 0 Å². The van der Waals surface area contributed by atoms with Gasteiger partial charge in [-0.3, -0.25) is 4.79 Å². The first kappa shape index (κ1) is 19.9. The lowest BCUT2D eigenvalue weighted by Crippen LogP contribution is -2.62. The minimum Gasteiger partial charge on any atom is -0.339 e. The summed E-state index contributed by atoms with van der Waals surface area (Å²) >= 11 is 0. The van der Waals surface area contributed by atoms with E-state index in [0.29, 0.717) is 50.5 Å². The van der Waals surface area contributed by atoms with Crippen LogP contribution in [-0.4, -0.2) is 54.5 Å². The van der Waals surface area contributed by atoms with Crippen molar-refractivity contribution in [3.63, 3.8) is 0 Å². The molecule has 1 aromatic carbocycles. The fraction of sp³-hybridized carbons (Fsp3) is 0.680. The molecule has 4 saturated carbocycles. The van der Waals surface area contributed by atoms with E-state index in [1.54, 1.807) is 0 Å². The Morgan fingerprint density at radius 2 is 1.57 bits per heavy atom. The molecule has 5 nitrogen and oxygen atoms in total. The van der Waals surface area contributed by atoms with Gasteiger partial charge in [-0.25, -0.2) is 4.79 Å². The molecule has 2 unspecified atom stereocenters. The molecule has 4 bridgehead atoms. The molecular formula is C25H35N3O2. The van der Waals surface area contributed by atoms with Crippen molar-refractivity contribution in [2.24, 2.45) is 17.3 Å². The number of amides is 3. The lowest BCUT2D eigenvalue weighted by atomic mass is 9.42. The second kappa shape index (κ2) is 7.28. The SMILES string of the molecule is CCNC(=O)N1CCN(C(=O)C23CC4CC(C2)CC(c2ccc(C)cc2)(C4)C3)CC1. The summed E-state index contributed by atoms with van der Waals surface area (Å²) in [6.07, 6.45) is 7.00. The van der Waals surface area contributed by atoms with Gasteiger partial charge in [0.2, 0.25) is 5.91 Å². The lowest BCUT2D eigenvalue weighted by molar-refractivity contribution is -0.161. The molecule has 5 heteroatoms. The normalized spacial score (nSPS) is 34.9. The molecule has 1 aromatic rings. The van der Waals surface area contributed by atoms with Crippen molar-refractivity contribution in [1.29, 1.82) is 0 Å². The number of nitrogens with zero attached hydrogens (tertiary/aromatic N) is 2. The zero-order chi connectivity index (χ0) is 20.9. The van der Waals surface area contributed by atoms with E-state index in [9.17, 15) is 9.59 Å². The molecule has 1 N–H and O–H groups in total. The first-order chi connectivity index (χ1) is 14.4. The lowest BCUT2D eigenvalue weighted by Gasteiger charge is -2.62. The topological polar surface area (TPSA) is 52.7 Å². The van der Waals surface area contributed by atoms with Crippen LogP contribution in [0.25, 0.3) is 0 Å². The van der Waals surface area contributed by atoms with Crippen LogP contribution in [0.5, 0.6) is 0 Å². The summed E-state index contributed by atoms with van der Waals surface area (Å²) in [6, 6.07) is 9.13. The van der Waals surface area contributed by atoms with E-state index >= 15 is 0 Å². The van der Waals surface area contributed by atoms with Gasteiger partial charge < -0.3 is 15.1 Å². The summed E-state index contributed by atoms with van der Waals surface area (Å²) in [4.78, 5) is 29.9.